The van der Waals surface area contributed by atoms with Crippen molar-refractivity contribution in [3.05, 3.63) is 34.9 Å². The zero-order valence-corrected chi connectivity index (χ0v) is 8.25. The van der Waals surface area contributed by atoms with Crippen molar-refractivity contribution in [1.82, 2.24) is 0 Å². The summed E-state index contributed by atoms with van der Waals surface area (Å²) in [4.78, 5) is 11.0. The fraction of sp³-hybridized carbons (Fsp3) is 0.462. The van der Waals surface area contributed by atoms with E-state index in [0.29, 0.717) is 0 Å². The van der Waals surface area contributed by atoms with Crippen LogP contribution in [0.1, 0.15) is 36.0 Å². The second-order valence-electron chi connectivity index (χ2n) is 4.61. The van der Waals surface area contributed by atoms with Gasteiger partial charge < -0.3 is 4.79 Å². The summed E-state index contributed by atoms with van der Waals surface area (Å²) in [5.41, 5.74) is 4.15. The second-order valence-corrected chi connectivity index (χ2v) is 4.61. The summed E-state index contributed by atoms with van der Waals surface area (Å²) in [7, 11) is 0. The van der Waals surface area contributed by atoms with Crippen LogP contribution < -0.4 is 0 Å². The van der Waals surface area contributed by atoms with Gasteiger partial charge in [0.15, 0.2) is 0 Å². The fourth-order valence-corrected chi connectivity index (χ4v) is 2.49. The quantitative estimate of drug-likeness (QED) is 0.648. The average Bonchev–Trinajstić information content (AvgIpc) is 2.89. The van der Waals surface area contributed by atoms with Gasteiger partial charge in [-0.1, -0.05) is 18.2 Å². The molecule has 0 radical (unpaired) electrons. The Hall–Kier alpha value is -1.11. The smallest absolute Gasteiger partial charge is 0.130 e. The molecule has 0 atom stereocenters. The predicted molar refractivity (Wildman–Crippen MR) is 55.4 cm³/mol. The molecule has 1 aromatic rings. The molecule has 1 nitrogen and oxygen atoms in total. The van der Waals surface area contributed by atoms with Crippen LogP contribution in [-0.4, -0.2) is 6.29 Å². The number of hydrogen-bond donors (Lipinski definition) is 0. The van der Waals surface area contributed by atoms with E-state index in [9.17, 15) is 4.79 Å². The molecule has 3 rings (SSSR count). The number of benzene rings is 1. The van der Waals surface area contributed by atoms with Gasteiger partial charge in [0, 0.05) is 0 Å². The van der Waals surface area contributed by atoms with Crippen molar-refractivity contribution in [3.8, 4) is 0 Å². The SMILES string of the molecule is O=CC1(c2ccc3c(c2)CCC3)CC1. The fourth-order valence-electron chi connectivity index (χ4n) is 2.49. The average molecular weight is 186 g/mol. The summed E-state index contributed by atoms with van der Waals surface area (Å²) < 4.78 is 0. The summed E-state index contributed by atoms with van der Waals surface area (Å²) in [6.07, 6.45) is 6.96. The van der Waals surface area contributed by atoms with Gasteiger partial charge in [0.2, 0.25) is 0 Å². The third-order valence-corrected chi connectivity index (χ3v) is 3.69. The van der Waals surface area contributed by atoms with E-state index in [-0.39, 0.29) is 5.41 Å². The van der Waals surface area contributed by atoms with Gasteiger partial charge in [0.05, 0.1) is 5.41 Å². The monoisotopic (exact) mass is 186 g/mol. The van der Waals surface area contributed by atoms with E-state index in [4.69, 9.17) is 0 Å². The van der Waals surface area contributed by atoms with Gasteiger partial charge in [-0.15, -0.1) is 0 Å². The summed E-state index contributed by atoms with van der Waals surface area (Å²) in [5, 5.41) is 0. The minimum Gasteiger partial charge on any atom is -0.302 e. The van der Waals surface area contributed by atoms with Crippen LogP contribution in [0.2, 0.25) is 0 Å². The minimum atomic E-state index is -0.0857. The highest BCUT2D eigenvalue weighted by atomic mass is 16.1. The number of rotatable bonds is 2. The van der Waals surface area contributed by atoms with Crippen LogP contribution in [0, 0.1) is 0 Å². The lowest BCUT2D eigenvalue weighted by Gasteiger charge is -2.09. The van der Waals surface area contributed by atoms with Gasteiger partial charge in [0.1, 0.15) is 6.29 Å². The van der Waals surface area contributed by atoms with Crippen molar-refractivity contribution in [2.24, 2.45) is 0 Å². The molecular weight excluding hydrogens is 172 g/mol. The van der Waals surface area contributed by atoms with Crippen molar-refractivity contribution in [2.45, 2.75) is 37.5 Å². The predicted octanol–water partition coefficient (Wildman–Crippen LogP) is 2.41. The Labute approximate surface area is 84.1 Å². The number of aryl methyl sites for hydroxylation is 2. The van der Waals surface area contributed by atoms with Gasteiger partial charge in [-0.3, -0.25) is 0 Å². The summed E-state index contributed by atoms with van der Waals surface area (Å²) in [6, 6.07) is 6.65. The van der Waals surface area contributed by atoms with E-state index in [0.717, 1.165) is 19.1 Å². The molecule has 0 bridgehead atoms. The van der Waals surface area contributed by atoms with Crippen molar-refractivity contribution in [3.63, 3.8) is 0 Å². The largest absolute Gasteiger partial charge is 0.302 e. The first-order valence-electron chi connectivity index (χ1n) is 5.43. The van der Waals surface area contributed by atoms with Crippen molar-refractivity contribution < 1.29 is 4.79 Å². The molecule has 2 aliphatic rings. The van der Waals surface area contributed by atoms with Crippen LogP contribution in [-0.2, 0) is 23.1 Å². The van der Waals surface area contributed by atoms with Crippen molar-refractivity contribution in [1.29, 1.82) is 0 Å². The molecule has 0 saturated heterocycles. The highest BCUT2D eigenvalue weighted by Gasteiger charge is 2.44. The number of hydrogen-bond acceptors (Lipinski definition) is 1. The van der Waals surface area contributed by atoms with E-state index < -0.39 is 0 Å². The lowest BCUT2D eigenvalue weighted by atomic mass is 9.94. The topological polar surface area (TPSA) is 17.1 Å². The molecule has 1 saturated carbocycles. The van der Waals surface area contributed by atoms with Crippen LogP contribution >= 0.6 is 0 Å². The van der Waals surface area contributed by atoms with Crippen LogP contribution in [0.5, 0.6) is 0 Å². The Morgan fingerprint density at radius 1 is 1.14 bits per heavy atom. The van der Waals surface area contributed by atoms with E-state index in [1.807, 2.05) is 0 Å². The third kappa shape index (κ3) is 1.05. The number of carbonyl (C=O) groups excluding carboxylic acids is 1. The second kappa shape index (κ2) is 2.69. The summed E-state index contributed by atoms with van der Waals surface area (Å²) in [5.74, 6) is 0. The molecule has 0 unspecified atom stereocenters. The number of aldehydes is 1. The van der Waals surface area contributed by atoms with Crippen LogP contribution in [0.15, 0.2) is 18.2 Å². The first-order chi connectivity index (χ1) is 6.84. The first kappa shape index (κ1) is 8.22. The highest BCUT2D eigenvalue weighted by molar-refractivity contribution is 5.73. The first-order valence-corrected chi connectivity index (χ1v) is 5.43. The third-order valence-electron chi connectivity index (χ3n) is 3.69. The Balaban J connectivity index is 2.04. The van der Waals surface area contributed by atoms with Crippen LogP contribution in [0.4, 0.5) is 0 Å². The van der Waals surface area contributed by atoms with Gasteiger partial charge in [-0.25, -0.2) is 0 Å². The van der Waals surface area contributed by atoms with Crippen molar-refractivity contribution >= 4 is 6.29 Å². The zero-order valence-electron chi connectivity index (χ0n) is 8.25. The Kier molecular flexibility index (Phi) is 1.58. The molecule has 0 spiro atoms. The van der Waals surface area contributed by atoms with Crippen LogP contribution in [0.25, 0.3) is 0 Å². The van der Waals surface area contributed by atoms with Crippen molar-refractivity contribution in [2.75, 3.05) is 0 Å². The van der Waals surface area contributed by atoms with E-state index >= 15 is 0 Å². The molecule has 14 heavy (non-hydrogen) atoms. The van der Waals surface area contributed by atoms with Gasteiger partial charge in [0.25, 0.3) is 0 Å². The molecular formula is C13H14O. The molecule has 2 aliphatic carbocycles. The van der Waals surface area contributed by atoms with Gasteiger partial charge in [-0.2, -0.15) is 0 Å². The Bertz CT molecular complexity index is 388. The van der Waals surface area contributed by atoms with E-state index in [1.54, 1.807) is 0 Å². The molecule has 0 aliphatic heterocycles. The number of carbonyl (C=O) groups is 1. The standard InChI is InChI=1S/C13H14O/c14-9-13(6-7-13)12-5-4-10-2-1-3-11(10)8-12/h4-5,8-9H,1-3,6-7H2. The molecule has 0 amide bonds. The van der Waals surface area contributed by atoms with Gasteiger partial charge >= 0.3 is 0 Å². The lowest BCUT2D eigenvalue weighted by Crippen LogP contribution is -2.08. The molecule has 1 fully saturated rings. The minimum absolute atomic E-state index is 0.0857. The molecule has 72 valence electrons. The van der Waals surface area contributed by atoms with Gasteiger partial charge in [-0.05, 0) is 48.8 Å². The van der Waals surface area contributed by atoms with Crippen LogP contribution in [0.3, 0.4) is 0 Å². The molecule has 0 heterocycles. The Morgan fingerprint density at radius 3 is 2.64 bits per heavy atom. The maximum absolute atomic E-state index is 11.0. The van der Waals surface area contributed by atoms with E-state index in [2.05, 4.69) is 18.2 Å². The normalized spacial score (nSPS) is 21.7. The molecule has 0 N–H and O–H groups in total. The highest BCUT2D eigenvalue weighted by Crippen LogP contribution is 2.46. The molecule has 1 heteroatoms. The summed E-state index contributed by atoms with van der Waals surface area (Å²) >= 11 is 0. The number of fused-ring (bicyclic) bond motifs is 1. The summed E-state index contributed by atoms with van der Waals surface area (Å²) in [6.45, 7) is 0. The lowest BCUT2D eigenvalue weighted by molar-refractivity contribution is -0.109. The maximum atomic E-state index is 11.0. The maximum Gasteiger partial charge on any atom is 0.130 e. The molecule has 0 aromatic heterocycles. The zero-order chi connectivity index (χ0) is 9.60. The molecule has 1 aromatic carbocycles. The Morgan fingerprint density at radius 2 is 1.93 bits per heavy atom. The van der Waals surface area contributed by atoms with E-state index in [1.165, 1.54) is 36.0 Å².